The Balaban J connectivity index is 1.96. The molecule has 1 aliphatic carbocycles. The number of aryl methyl sites for hydroxylation is 1. The third kappa shape index (κ3) is 2.15. The number of ether oxygens (including phenoxy) is 1. The Kier molecular flexibility index (Phi) is 3.35. The second kappa shape index (κ2) is 4.90. The van der Waals surface area contributed by atoms with Crippen molar-refractivity contribution in [2.75, 3.05) is 7.11 Å². The van der Waals surface area contributed by atoms with Crippen molar-refractivity contribution in [3.05, 3.63) is 35.0 Å². The van der Waals surface area contributed by atoms with Gasteiger partial charge in [-0.25, -0.2) is 0 Å². The third-order valence-electron chi connectivity index (χ3n) is 4.43. The minimum absolute atomic E-state index is 0.152. The van der Waals surface area contributed by atoms with E-state index in [2.05, 4.69) is 0 Å². The number of aromatic nitrogens is 1. The van der Waals surface area contributed by atoms with Crippen molar-refractivity contribution in [1.29, 1.82) is 0 Å². The molecule has 1 aliphatic rings. The van der Waals surface area contributed by atoms with E-state index in [4.69, 9.17) is 16.3 Å². The van der Waals surface area contributed by atoms with Gasteiger partial charge in [0.25, 0.3) is 0 Å². The van der Waals surface area contributed by atoms with Crippen molar-refractivity contribution < 1.29 is 9.53 Å². The number of benzene rings is 1. The molecular formula is C16H18ClNO2. The van der Waals surface area contributed by atoms with Gasteiger partial charge in [0.1, 0.15) is 0 Å². The molecule has 4 heteroatoms. The van der Waals surface area contributed by atoms with Crippen molar-refractivity contribution in [2.24, 2.45) is 7.05 Å². The van der Waals surface area contributed by atoms with E-state index in [1.807, 2.05) is 36.0 Å². The number of fused-ring (bicyclic) bond motifs is 1. The summed E-state index contributed by atoms with van der Waals surface area (Å²) >= 11 is 6.02. The van der Waals surface area contributed by atoms with Crippen LogP contribution in [0.1, 0.15) is 36.0 Å². The first-order chi connectivity index (χ1) is 9.54. The maximum Gasteiger partial charge on any atom is 0.167 e. The van der Waals surface area contributed by atoms with E-state index in [9.17, 15) is 4.79 Å². The maximum atomic E-state index is 12.6. The zero-order valence-electron chi connectivity index (χ0n) is 11.8. The molecular weight excluding hydrogens is 274 g/mol. The molecule has 0 aliphatic heterocycles. The van der Waals surface area contributed by atoms with Crippen LogP contribution in [0, 0.1) is 0 Å². The highest BCUT2D eigenvalue weighted by atomic mass is 35.5. The van der Waals surface area contributed by atoms with Crippen molar-refractivity contribution in [3.8, 4) is 0 Å². The fraction of sp³-hybridized carbons (Fsp3) is 0.438. The van der Waals surface area contributed by atoms with Crippen molar-refractivity contribution in [3.63, 3.8) is 0 Å². The van der Waals surface area contributed by atoms with Crippen LogP contribution in [0.3, 0.4) is 0 Å². The molecule has 1 saturated carbocycles. The maximum absolute atomic E-state index is 12.6. The highest BCUT2D eigenvalue weighted by Crippen LogP contribution is 2.39. The van der Waals surface area contributed by atoms with E-state index in [0.29, 0.717) is 11.4 Å². The minimum Gasteiger partial charge on any atom is -0.378 e. The van der Waals surface area contributed by atoms with Gasteiger partial charge in [-0.3, -0.25) is 4.79 Å². The van der Waals surface area contributed by atoms with Gasteiger partial charge in [-0.15, -0.1) is 0 Å². The zero-order chi connectivity index (χ0) is 14.3. The van der Waals surface area contributed by atoms with E-state index in [1.165, 1.54) is 0 Å². The van der Waals surface area contributed by atoms with Gasteiger partial charge < -0.3 is 9.30 Å². The SMILES string of the molecule is COC1(CC(=O)c2cn(C)c3cc(Cl)ccc23)CCC1. The van der Waals surface area contributed by atoms with E-state index < -0.39 is 0 Å². The smallest absolute Gasteiger partial charge is 0.167 e. The summed E-state index contributed by atoms with van der Waals surface area (Å²) in [6.07, 6.45) is 5.46. The molecule has 106 valence electrons. The predicted octanol–water partition coefficient (Wildman–Crippen LogP) is 3.97. The first-order valence-corrected chi connectivity index (χ1v) is 7.25. The molecule has 0 spiro atoms. The largest absolute Gasteiger partial charge is 0.378 e. The van der Waals surface area contributed by atoms with Crippen LogP contribution >= 0.6 is 11.6 Å². The van der Waals surface area contributed by atoms with Gasteiger partial charge >= 0.3 is 0 Å². The highest BCUT2D eigenvalue weighted by Gasteiger charge is 2.39. The van der Waals surface area contributed by atoms with Crippen LogP contribution in [-0.2, 0) is 11.8 Å². The lowest BCUT2D eigenvalue weighted by Gasteiger charge is -2.40. The van der Waals surface area contributed by atoms with Crippen LogP contribution < -0.4 is 0 Å². The van der Waals surface area contributed by atoms with Crippen LogP contribution in [0.25, 0.3) is 10.9 Å². The van der Waals surface area contributed by atoms with Gasteiger partial charge in [0, 0.05) is 48.3 Å². The summed E-state index contributed by atoms with van der Waals surface area (Å²) < 4.78 is 7.51. The number of carbonyl (C=O) groups excluding carboxylic acids is 1. The Labute approximate surface area is 123 Å². The van der Waals surface area contributed by atoms with Crippen molar-refractivity contribution in [1.82, 2.24) is 4.57 Å². The molecule has 0 N–H and O–H groups in total. The standard InChI is InChI=1S/C16H18ClNO2/c1-18-10-13(12-5-4-11(17)8-14(12)18)15(19)9-16(20-2)6-3-7-16/h4-5,8,10H,3,6-7,9H2,1-2H3. The highest BCUT2D eigenvalue weighted by molar-refractivity contribution is 6.31. The van der Waals surface area contributed by atoms with E-state index >= 15 is 0 Å². The number of carbonyl (C=O) groups is 1. The second-order valence-corrected chi connectivity index (χ2v) is 6.09. The summed E-state index contributed by atoms with van der Waals surface area (Å²) in [5.74, 6) is 0.152. The average Bonchev–Trinajstić information content (AvgIpc) is 2.71. The Hall–Kier alpha value is -1.32. The lowest BCUT2D eigenvalue weighted by molar-refractivity contribution is -0.0704. The van der Waals surface area contributed by atoms with Gasteiger partial charge in [-0.2, -0.15) is 0 Å². The molecule has 1 aromatic heterocycles. The number of hydrogen-bond acceptors (Lipinski definition) is 2. The number of halogens is 1. The van der Waals surface area contributed by atoms with E-state index in [0.717, 1.165) is 35.7 Å². The Morgan fingerprint density at radius 1 is 1.45 bits per heavy atom. The summed E-state index contributed by atoms with van der Waals surface area (Å²) in [6, 6.07) is 5.64. The topological polar surface area (TPSA) is 31.2 Å². The second-order valence-electron chi connectivity index (χ2n) is 5.66. The fourth-order valence-electron chi connectivity index (χ4n) is 2.99. The molecule has 0 bridgehead atoms. The van der Waals surface area contributed by atoms with Crippen LogP contribution in [0.2, 0.25) is 5.02 Å². The molecule has 3 rings (SSSR count). The van der Waals surface area contributed by atoms with Gasteiger partial charge in [0.2, 0.25) is 0 Å². The predicted molar refractivity (Wildman–Crippen MR) is 80.5 cm³/mol. The number of rotatable bonds is 4. The number of methoxy groups -OCH3 is 1. The van der Waals surface area contributed by atoms with Gasteiger partial charge in [-0.1, -0.05) is 17.7 Å². The summed E-state index contributed by atoms with van der Waals surface area (Å²) in [5.41, 5.74) is 1.52. The number of nitrogens with zero attached hydrogens (tertiary/aromatic N) is 1. The van der Waals surface area contributed by atoms with Crippen LogP contribution in [-0.4, -0.2) is 23.1 Å². The monoisotopic (exact) mass is 291 g/mol. The molecule has 2 aromatic rings. The van der Waals surface area contributed by atoms with Gasteiger partial charge in [0.15, 0.2) is 5.78 Å². The first-order valence-electron chi connectivity index (χ1n) is 6.88. The van der Waals surface area contributed by atoms with Gasteiger partial charge in [0.05, 0.1) is 5.60 Å². The van der Waals surface area contributed by atoms with Crippen LogP contribution in [0.5, 0.6) is 0 Å². The molecule has 0 saturated heterocycles. The number of hydrogen-bond donors (Lipinski definition) is 0. The molecule has 1 heterocycles. The number of Topliss-reactive ketones (excluding diaryl/α,β-unsaturated/α-hetero) is 1. The molecule has 3 nitrogen and oxygen atoms in total. The summed E-state index contributed by atoms with van der Waals surface area (Å²) in [4.78, 5) is 12.6. The normalized spacial score (nSPS) is 17.1. The Morgan fingerprint density at radius 3 is 2.80 bits per heavy atom. The van der Waals surface area contributed by atoms with E-state index in [1.54, 1.807) is 7.11 Å². The molecule has 1 aromatic carbocycles. The molecule has 1 fully saturated rings. The number of ketones is 1. The quantitative estimate of drug-likeness (QED) is 0.798. The molecule has 0 unspecified atom stereocenters. The first kappa shape index (κ1) is 13.7. The lowest BCUT2D eigenvalue weighted by atomic mass is 9.76. The molecule has 0 atom stereocenters. The average molecular weight is 292 g/mol. The summed E-state index contributed by atoms with van der Waals surface area (Å²) in [7, 11) is 3.64. The van der Waals surface area contributed by atoms with Gasteiger partial charge in [-0.05, 0) is 31.4 Å². The third-order valence-corrected chi connectivity index (χ3v) is 4.67. The van der Waals surface area contributed by atoms with Crippen LogP contribution in [0.4, 0.5) is 0 Å². The molecule has 20 heavy (non-hydrogen) atoms. The van der Waals surface area contributed by atoms with E-state index in [-0.39, 0.29) is 11.4 Å². The Bertz CT molecular complexity index is 665. The Morgan fingerprint density at radius 2 is 2.20 bits per heavy atom. The fourth-order valence-corrected chi connectivity index (χ4v) is 3.16. The molecule has 0 radical (unpaired) electrons. The zero-order valence-corrected chi connectivity index (χ0v) is 12.5. The summed E-state index contributed by atoms with van der Waals surface area (Å²) in [5, 5.41) is 1.65. The van der Waals surface area contributed by atoms with Crippen molar-refractivity contribution in [2.45, 2.75) is 31.3 Å². The minimum atomic E-state index is -0.230. The lowest BCUT2D eigenvalue weighted by Crippen LogP contribution is -2.41. The van der Waals surface area contributed by atoms with Crippen LogP contribution in [0.15, 0.2) is 24.4 Å². The summed E-state index contributed by atoms with van der Waals surface area (Å²) in [6.45, 7) is 0. The van der Waals surface area contributed by atoms with Crippen molar-refractivity contribution >= 4 is 28.3 Å². The molecule has 0 amide bonds.